The summed E-state index contributed by atoms with van der Waals surface area (Å²) < 4.78 is 13.3. The van der Waals surface area contributed by atoms with E-state index in [1.807, 2.05) is 18.3 Å². The molecule has 4 nitrogen and oxygen atoms in total. The number of aromatic nitrogens is 2. The van der Waals surface area contributed by atoms with E-state index in [9.17, 15) is 4.39 Å². The molecule has 2 aromatic heterocycles. The van der Waals surface area contributed by atoms with Gasteiger partial charge in [0.1, 0.15) is 5.82 Å². The molecular formula is C17H21FN4. The van der Waals surface area contributed by atoms with Gasteiger partial charge in [-0.3, -0.25) is 9.88 Å². The Morgan fingerprint density at radius 2 is 2.09 bits per heavy atom. The summed E-state index contributed by atoms with van der Waals surface area (Å²) in [4.78, 5) is 13.0. The second-order valence-corrected chi connectivity index (χ2v) is 5.86. The summed E-state index contributed by atoms with van der Waals surface area (Å²) in [6.07, 6.45) is 1.85. The fraction of sp³-hybridized carbons (Fsp3) is 0.412. The molecule has 2 aromatic rings. The number of rotatable bonds is 3. The number of halogens is 1. The van der Waals surface area contributed by atoms with Crippen molar-refractivity contribution >= 4 is 5.82 Å². The predicted molar refractivity (Wildman–Crippen MR) is 85.3 cm³/mol. The summed E-state index contributed by atoms with van der Waals surface area (Å²) in [5, 5.41) is 0. The van der Waals surface area contributed by atoms with E-state index in [2.05, 4.69) is 39.7 Å². The lowest BCUT2D eigenvalue weighted by molar-refractivity contribution is 0.217. The molecule has 0 saturated carbocycles. The van der Waals surface area contributed by atoms with Gasteiger partial charge in [0, 0.05) is 38.4 Å². The van der Waals surface area contributed by atoms with Crippen molar-refractivity contribution in [2.75, 3.05) is 24.5 Å². The summed E-state index contributed by atoms with van der Waals surface area (Å²) >= 11 is 0. The Kier molecular flexibility index (Phi) is 4.34. The third-order valence-corrected chi connectivity index (χ3v) is 4.20. The summed E-state index contributed by atoms with van der Waals surface area (Å²) in [7, 11) is 0. The second-order valence-electron chi connectivity index (χ2n) is 5.86. The van der Waals surface area contributed by atoms with Crippen LogP contribution in [0.25, 0.3) is 0 Å². The van der Waals surface area contributed by atoms with E-state index in [4.69, 9.17) is 0 Å². The van der Waals surface area contributed by atoms with Gasteiger partial charge in [0.05, 0.1) is 5.69 Å². The minimum atomic E-state index is -0.420. The van der Waals surface area contributed by atoms with Crippen LogP contribution in [-0.4, -0.2) is 40.5 Å². The first-order valence-corrected chi connectivity index (χ1v) is 7.65. The van der Waals surface area contributed by atoms with Crippen molar-refractivity contribution in [3.8, 4) is 0 Å². The highest BCUT2D eigenvalue weighted by Crippen LogP contribution is 2.20. The van der Waals surface area contributed by atoms with E-state index < -0.39 is 5.95 Å². The molecule has 1 atom stereocenters. The van der Waals surface area contributed by atoms with Crippen molar-refractivity contribution in [1.29, 1.82) is 0 Å². The molecule has 1 aliphatic rings. The lowest BCUT2D eigenvalue weighted by atomic mass is 10.1. The van der Waals surface area contributed by atoms with Gasteiger partial charge >= 0.3 is 0 Å². The minimum Gasteiger partial charge on any atom is -0.351 e. The molecule has 0 radical (unpaired) electrons. The highest BCUT2D eigenvalue weighted by atomic mass is 19.1. The van der Waals surface area contributed by atoms with Crippen LogP contribution in [-0.2, 0) is 6.54 Å². The van der Waals surface area contributed by atoms with Crippen LogP contribution in [0.1, 0.15) is 18.2 Å². The average Bonchev–Trinajstić information content (AvgIpc) is 2.50. The third kappa shape index (κ3) is 3.25. The molecule has 116 valence electrons. The Labute approximate surface area is 130 Å². The molecule has 0 amide bonds. The van der Waals surface area contributed by atoms with Gasteiger partial charge in [0.15, 0.2) is 0 Å². The van der Waals surface area contributed by atoms with Crippen molar-refractivity contribution in [3.63, 3.8) is 0 Å². The van der Waals surface area contributed by atoms with Gasteiger partial charge in [-0.25, -0.2) is 4.98 Å². The quantitative estimate of drug-likeness (QED) is 0.816. The second kappa shape index (κ2) is 6.40. The monoisotopic (exact) mass is 300 g/mol. The van der Waals surface area contributed by atoms with Gasteiger partial charge in [-0.1, -0.05) is 12.1 Å². The zero-order valence-corrected chi connectivity index (χ0v) is 13.0. The first kappa shape index (κ1) is 14.9. The number of pyridine rings is 2. The predicted octanol–water partition coefficient (Wildman–Crippen LogP) is 2.63. The fourth-order valence-corrected chi connectivity index (χ4v) is 2.97. The summed E-state index contributed by atoms with van der Waals surface area (Å²) in [6, 6.07) is 9.33. The molecule has 22 heavy (non-hydrogen) atoms. The molecule has 0 bridgehead atoms. The minimum absolute atomic E-state index is 0.298. The lowest BCUT2D eigenvalue weighted by Crippen LogP contribution is -2.52. The van der Waals surface area contributed by atoms with E-state index in [1.54, 1.807) is 6.07 Å². The van der Waals surface area contributed by atoms with E-state index >= 15 is 0 Å². The first-order valence-electron chi connectivity index (χ1n) is 7.65. The molecule has 1 aliphatic heterocycles. The largest absolute Gasteiger partial charge is 0.351 e. The SMILES string of the molecule is Cc1cccnc1CN1CCN(c2cccc(F)n2)C(C)C1. The van der Waals surface area contributed by atoms with Crippen LogP contribution < -0.4 is 4.90 Å². The summed E-state index contributed by atoms with van der Waals surface area (Å²) in [5.74, 6) is 0.303. The van der Waals surface area contributed by atoms with Crippen LogP contribution in [0.3, 0.4) is 0 Å². The maximum absolute atomic E-state index is 13.3. The number of anilines is 1. The van der Waals surface area contributed by atoms with Crippen LogP contribution in [0.4, 0.5) is 10.2 Å². The normalized spacial score (nSPS) is 19.4. The number of hydrogen-bond donors (Lipinski definition) is 0. The molecule has 3 rings (SSSR count). The van der Waals surface area contributed by atoms with E-state index in [1.165, 1.54) is 11.6 Å². The van der Waals surface area contributed by atoms with Gasteiger partial charge in [-0.15, -0.1) is 0 Å². The molecular weight excluding hydrogens is 279 g/mol. The smallest absolute Gasteiger partial charge is 0.214 e. The van der Waals surface area contributed by atoms with E-state index in [0.29, 0.717) is 6.04 Å². The van der Waals surface area contributed by atoms with Gasteiger partial charge in [0.2, 0.25) is 5.95 Å². The molecule has 5 heteroatoms. The van der Waals surface area contributed by atoms with E-state index in [-0.39, 0.29) is 0 Å². The summed E-state index contributed by atoms with van der Waals surface area (Å²) in [6.45, 7) is 7.82. The highest BCUT2D eigenvalue weighted by Gasteiger charge is 2.25. The highest BCUT2D eigenvalue weighted by molar-refractivity contribution is 5.40. The standard InChI is InChI=1S/C17H21FN4/c1-13-5-4-8-19-15(13)12-21-9-10-22(14(2)11-21)17-7-3-6-16(18)20-17/h3-8,14H,9-12H2,1-2H3. The first-order chi connectivity index (χ1) is 10.6. The molecule has 0 N–H and O–H groups in total. The Morgan fingerprint density at radius 1 is 1.23 bits per heavy atom. The van der Waals surface area contributed by atoms with Gasteiger partial charge in [-0.05, 0) is 37.6 Å². The zero-order valence-electron chi connectivity index (χ0n) is 13.0. The van der Waals surface area contributed by atoms with Crippen LogP contribution in [0.5, 0.6) is 0 Å². The molecule has 1 fully saturated rings. The Bertz CT molecular complexity index is 646. The van der Waals surface area contributed by atoms with Crippen molar-refractivity contribution < 1.29 is 4.39 Å². The summed E-state index contributed by atoms with van der Waals surface area (Å²) in [5.41, 5.74) is 2.36. The average molecular weight is 300 g/mol. The Hall–Kier alpha value is -2.01. The van der Waals surface area contributed by atoms with Crippen LogP contribution in [0, 0.1) is 12.9 Å². The molecule has 0 aromatic carbocycles. The van der Waals surface area contributed by atoms with Crippen molar-refractivity contribution in [2.24, 2.45) is 0 Å². The van der Waals surface area contributed by atoms with Crippen molar-refractivity contribution in [3.05, 3.63) is 53.7 Å². The third-order valence-electron chi connectivity index (χ3n) is 4.20. The van der Waals surface area contributed by atoms with Gasteiger partial charge in [0.25, 0.3) is 0 Å². The van der Waals surface area contributed by atoms with Crippen molar-refractivity contribution in [2.45, 2.75) is 26.4 Å². The molecule has 0 spiro atoms. The maximum Gasteiger partial charge on any atom is 0.214 e. The zero-order chi connectivity index (χ0) is 15.5. The van der Waals surface area contributed by atoms with Crippen molar-refractivity contribution in [1.82, 2.24) is 14.9 Å². The number of hydrogen-bond acceptors (Lipinski definition) is 4. The van der Waals surface area contributed by atoms with Crippen LogP contribution in [0.15, 0.2) is 36.5 Å². The van der Waals surface area contributed by atoms with Crippen LogP contribution >= 0.6 is 0 Å². The number of aryl methyl sites for hydroxylation is 1. The topological polar surface area (TPSA) is 32.3 Å². The fourth-order valence-electron chi connectivity index (χ4n) is 2.97. The number of nitrogens with zero attached hydrogens (tertiary/aromatic N) is 4. The molecule has 0 aliphatic carbocycles. The van der Waals surface area contributed by atoms with Gasteiger partial charge in [-0.2, -0.15) is 4.39 Å². The Morgan fingerprint density at radius 3 is 2.82 bits per heavy atom. The van der Waals surface area contributed by atoms with E-state index in [0.717, 1.165) is 37.7 Å². The lowest BCUT2D eigenvalue weighted by Gasteiger charge is -2.40. The molecule has 3 heterocycles. The van der Waals surface area contributed by atoms with Gasteiger partial charge < -0.3 is 4.90 Å². The van der Waals surface area contributed by atoms with Crippen LogP contribution in [0.2, 0.25) is 0 Å². The Balaban J connectivity index is 1.66. The maximum atomic E-state index is 13.3. The molecule has 1 saturated heterocycles. The number of piperazine rings is 1. The molecule has 1 unspecified atom stereocenters.